The Balaban J connectivity index is 1.99. The fraction of sp³-hybridized carbons (Fsp3) is 0.308. The number of hydrogen-bond acceptors (Lipinski definition) is 5. The number of aromatic nitrogens is 3. The second-order valence-electron chi connectivity index (χ2n) is 4.08. The lowest BCUT2D eigenvalue weighted by molar-refractivity contribution is 0.0948. The molecule has 0 saturated heterocycles. The molecule has 106 valence electrons. The van der Waals surface area contributed by atoms with Crippen molar-refractivity contribution in [2.45, 2.75) is 13.5 Å². The highest BCUT2D eigenvalue weighted by Crippen LogP contribution is 2.26. The smallest absolute Gasteiger partial charge is 0.255 e. The third-order valence-corrected chi connectivity index (χ3v) is 2.68. The fourth-order valence-corrected chi connectivity index (χ4v) is 1.77. The Hall–Kier alpha value is -2.57. The largest absolute Gasteiger partial charge is 0.491 e. The van der Waals surface area contributed by atoms with E-state index >= 15 is 0 Å². The van der Waals surface area contributed by atoms with Crippen molar-refractivity contribution in [3.05, 3.63) is 36.2 Å². The van der Waals surface area contributed by atoms with E-state index in [4.69, 9.17) is 10.5 Å². The molecule has 1 aromatic heterocycles. The lowest BCUT2D eigenvalue weighted by Gasteiger charge is -2.12. The number of nitrogens with zero attached hydrogens (tertiary/aromatic N) is 3. The van der Waals surface area contributed by atoms with E-state index in [0.717, 1.165) is 0 Å². The van der Waals surface area contributed by atoms with Crippen LogP contribution >= 0.6 is 0 Å². The summed E-state index contributed by atoms with van der Waals surface area (Å²) in [6.07, 6.45) is 3.32. The molecule has 3 N–H and O–H groups in total. The lowest BCUT2D eigenvalue weighted by Crippen LogP contribution is -2.28. The second-order valence-corrected chi connectivity index (χ2v) is 4.08. The first kappa shape index (κ1) is 13.9. The molecule has 0 bridgehead atoms. The van der Waals surface area contributed by atoms with E-state index in [1.807, 2.05) is 6.92 Å². The number of carbonyl (C=O) groups excluding carboxylic acids is 1. The molecule has 1 heterocycles. The van der Waals surface area contributed by atoms with Gasteiger partial charge in [-0.05, 0) is 19.1 Å². The predicted molar refractivity (Wildman–Crippen MR) is 74.4 cm³/mol. The van der Waals surface area contributed by atoms with Gasteiger partial charge in [0.25, 0.3) is 5.91 Å². The quantitative estimate of drug-likeness (QED) is 0.756. The van der Waals surface area contributed by atoms with Gasteiger partial charge in [0, 0.05) is 12.7 Å². The van der Waals surface area contributed by atoms with Gasteiger partial charge in [-0.25, -0.2) is 0 Å². The molecule has 20 heavy (non-hydrogen) atoms. The number of nitrogens with two attached hydrogens (primary N) is 1. The zero-order valence-electron chi connectivity index (χ0n) is 11.2. The molecule has 0 spiro atoms. The van der Waals surface area contributed by atoms with Crippen LogP contribution in [0, 0.1) is 0 Å². The van der Waals surface area contributed by atoms with Gasteiger partial charge in [0.2, 0.25) is 0 Å². The Kier molecular flexibility index (Phi) is 4.54. The Labute approximate surface area is 116 Å². The standard InChI is InChI=1S/C13H17N5O2/c1-2-20-12-10(4-3-5-11(12)14)13(19)15-6-8-18-9-7-16-17-18/h3-5,7,9H,2,6,8,14H2,1H3,(H,15,19). The molecule has 0 aliphatic rings. The summed E-state index contributed by atoms with van der Waals surface area (Å²) in [7, 11) is 0. The predicted octanol–water partition coefficient (Wildman–Crippen LogP) is 0.689. The van der Waals surface area contributed by atoms with Crippen molar-refractivity contribution >= 4 is 11.6 Å². The minimum Gasteiger partial charge on any atom is -0.491 e. The Bertz CT molecular complexity index is 568. The van der Waals surface area contributed by atoms with Crippen molar-refractivity contribution in [3.63, 3.8) is 0 Å². The van der Waals surface area contributed by atoms with Gasteiger partial charge in [0.05, 0.1) is 30.6 Å². The van der Waals surface area contributed by atoms with Crippen LogP contribution in [0.4, 0.5) is 5.69 Å². The van der Waals surface area contributed by atoms with E-state index in [9.17, 15) is 4.79 Å². The van der Waals surface area contributed by atoms with Crippen molar-refractivity contribution in [1.29, 1.82) is 0 Å². The van der Waals surface area contributed by atoms with Gasteiger partial charge in [-0.3, -0.25) is 9.48 Å². The van der Waals surface area contributed by atoms with Crippen LogP contribution < -0.4 is 15.8 Å². The van der Waals surface area contributed by atoms with Gasteiger partial charge in [0.15, 0.2) is 5.75 Å². The zero-order valence-corrected chi connectivity index (χ0v) is 11.2. The molecule has 0 aliphatic carbocycles. The molecule has 0 saturated carbocycles. The number of ether oxygens (including phenoxy) is 1. The van der Waals surface area contributed by atoms with Gasteiger partial charge >= 0.3 is 0 Å². The SMILES string of the molecule is CCOc1c(N)cccc1C(=O)NCCn1ccnn1. The maximum atomic E-state index is 12.1. The van der Waals surface area contributed by atoms with E-state index in [0.29, 0.717) is 36.7 Å². The molecular formula is C13H17N5O2. The van der Waals surface area contributed by atoms with Gasteiger partial charge in [-0.15, -0.1) is 5.10 Å². The molecule has 0 aliphatic heterocycles. The first-order valence-electron chi connectivity index (χ1n) is 6.36. The van der Waals surface area contributed by atoms with Gasteiger partial charge in [0.1, 0.15) is 0 Å². The van der Waals surface area contributed by atoms with E-state index in [1.165, 1.54) is 0 Å². The van der Waals surface area contributed by atoms with Crippen LogP contribution in [0.15, 0.2) is 30.6 Å². The number of nitrogen functional groups attached to an aromatic ring is 1. The molecule has 0 unspecified atom stereocenters. The van der Waals surface area contributed by atoms with Crippen LogP contribution in [-0.4, -0.2) is 34.1 Å². The average Bonchev–Trinajstić information content (AvgIpc) is 2.94. The number of nitrogens with one attached hydrogen (secondary N) is 1. The minimum absolute atomic E-state index is 0.221. The van der Waals surface area contributed by atoms with E-state index < -0.39 is 0 Å². The maximum Gasteiger partial charge on any atom is 0.255 e. The molecule has 1 aromatic carbocycles. The van der Waals surface area contributed by atoms with Crippen LogP contribution in [-0.2, 0) is 6.54 Å². The summed E-state index contributed by atoms with van der Waals surface area (Å²) in [5.74, 6) is 0.203. The molecule has 0 radical (unpaired) electrons. The molecule has 7 heteroatoms. The highest BCUT2D eigenvalue weighted by molar-refractivity contribution is 5.98. The van der Waals surface area contributed by atoms with Gasteiger partial charge < -0.3 is 15.8 Å². The summed E-state index contributed by atoms with van der Waals surface area (Å²) in [4.78, 5) is 12.1. The lowest BCUT2D eigenvalue weighted by atomic mass is 10.1. The second kappa shape index (κ2) is 6.55. The highest BCUT2D eigenvalue weighted by atomic mass is 16.5. The third kappa shape index (κ3) is 3.25. The van der Waals surface area contributed by atoms with Crippen LogP contribution in [0.3, 0.4) is 0 Å². The number of rotatable bonds is 6. The fourth-order valence-electron chi connectivity index (χ4n) is 1.77. The van der Waals surface area contributed by atoms with Crippen molar-refractivity contribution in [2.75, 3.05) is 18.9 Å². The highest BCUT2D eigenvalue weighted by Gasteiger charge is 2.14. The molecule has 1 amide bonds. The number of hydrogen-bond donors (Lipinski definition) is 2. The van der Waals surface area contributed by atoms with E-state index in [1.54, 1.807) is 35.3 Å². The van der Waals surface area contributed by atoms with Crippen molar-refractivity contribution in [3.8, 4) is 5.75 Å². The number of para-hydroxylation sites is 1. The average molecular weight is 275 g/mol. The third-order valence-electron chi connectivity index (χ3n) is 2.68. The number of benzene rings is 1. The molecule has 0 atom stereocenters. The first-order valence-corrected chi connectivity index (χ1v) is 6.36. The molecule has 2 aromatic rings. The minimum atomic E-state index is -0.221. The van der Waals surface area contributed by atoms with E-state index in [-0.39, 0.29) is 5.91 Å². The maximum absolute atomic E-state index is 12.1. The Morgan fingerprint density at radius 1 is 1.50 bits per heavy atom. The molecular weight excluding hydrogens is 258 g/mol. The molecule has 0 fully saturated rings. The topological polar surface area (TPSA) is 95.1 Å². The zero-order chi connectivity index (χ0) is 14.4. The Morgan fingerprint density at radius 3 is 3.05 bits per heavy atom. The summed E-state index contributed by atoms with van der Waals surface area (Å²) in [6, 6.07) is 5.12. The number of amides is 1. The van der Waals surface area contributed by atoms with Crippen molar-refractivity contribution in [1.82, 2.24) is 20.3 Å². The number of anilines is 1. The Morgan fingerprint density at radius 2 is 2.35 bits per heavy atom. The summed E-state index contributed by atoms with van der Waals surface area (Å²) in [5, 5.41) is 10.3. The van der Waals surface area contributed by atoms with Crippen molar-refractivity contribution in [2.24, 2.45) is 0 Å². The molecule has 7 nitrogen and oxygen atoms in total. The summed E-state index contributed by atoms with van der Waals surface area (Å²) in [6.45, 7) is 3.30. The first-order chi connectivity index (χ1) is 9.72. The van der Waals surface area contributed by atoms with Crippen LogP contribution in [0.1, 0.15) is 17.3 Å². The molecule has 2 rings (SSSR count). The van der Waals surface area contributed by atoms with Gasteiger partial charge in [-0.2, -0.15) is 0 Å². The van der Waals surface area contributed by atoms with Crippen LogP contribution in [0.2, 0.25) is 0 Å². The van der Waals surface area contributed by atoms with Crippen LogP contribution in [0.25, 0.3) is 0 Å². The van der Waals surface area contributed by atoms with Gasteiger partial charge in [-0.1, -0.05) is 11.3 Å². The normalized spacial score (nSPS) is 10.2. The van der Waals surface area contributed by atoms with Crippen molar-refractivity contribution < 1.29 is 9.53 Å². The monoisotopic (exact) mass is 275 g/mol. The number of carbonyl (C=O) groups is 1. The summed E-state index contributed by atoms with van der Waals surface area (Å²) < 4.78 is 7.07. The summed E-state index contributed by atoms with van der Waals surface area (Å²) in [5.41, 5.74) is 6.71. The van der Waals surface area contributed by atoms with E-state index in [2.05, 4.69) is 15.6 Å². The summed E-state index contributed by atoms with van der Waals surface area (Å²) >= 11 is 0. The van der Waals surface area contributed by atoms with Crippen LogP contribution in [0.5, 0.6) is 5.75 Å².